The Labute approximate surface area is 168 Å². The second-order valence-electron chi connectivity index (χ2n) is 8.08. The molecule has 0 fully saturated rings. The third-order valence-corrected chi connectivity index (χ3v) is 4.54. The maximum atomic E-state index is 11.9. The number of rotatable bonds is 8. The summed E-state index contributed by atoms with van der Waals surface area (Å²) in [7, 11) is 0. The van der Waals surface area contributed by atoms with Crippen LogP contribution in [0.25, 0.3) is 11.1 Å². The SMILES string of the molecule is CC(=O)Oc1c(CC(C)C)nc(CC(C)C)c(CN)c1-c1ccc(CN)cc1. The number of pyridine rings is 1. The normalized spacial score (nSPS) is 11.3. The van der Waals surface area contributed by atoms with Crippen LogP contribution in [-0.2, 0) is 30.7 Å². The van der Waals surface area contributed by atoms with E-state index in [0.717, 1.165) is 46.5 Å². The van der Waals surface area contributed by atoms with E-state index < -0.39 is 0 Å². The zero-order chi connectivity index (χ0) is 20.8. The van der Waals surface area contributed by atoms with Gasteiger partial charge in [-0.05, 0) is 41.4 Å². The van der Waals surface area contributed by atoms with Crippen LogP contribution in [-0.4, -0.2) is 11.0 Å². The Morgan fingerprint density at radius 2 is 1.54 bits per heavy atom. The van der Waals surface area contributed by atoms with Gasteiger partial charge in [-0.3, -0.25) is 9.78 Å². The molecule has 0 unspecified atom stereocenters. The molecular formula is C23H33N3O2. The van der Waals surface area contributed by atoms with Gasteiger partial charge in [-0.25, -0.2) is 0 Å². The van der Waals surface area contributed by atoms with Crippen molar-refractivity contribution in [2.24, 2.45) is 23.3 Å². The largest absolute Gasteiger partial charge is 0.424 e. The predicted molar refractivity (Wildman–Crippen MR) is 114 cm³/mol. The second kappa shape index (κ2) is 9.80. The molecule has 0 aliphatic heterocycles. The number of carbonyl (C=O) groups excluding carboxylic acids is 1. The van der Waals surface area contributed by atoms with Gasteiger partial charge in [-0.15, -0.1) is 0 Å². The molecule has 0 bridgehead atoms. The highest BCUT2D eigenvalue weighted by atomic mass is 16.5. The number of aromatic nitrogens is 1. The third kappa shape index (κ3) is 5.40. The maximum absolute atomic E-state index is 11.9. The van der Waals surface area contributed by atoms with Crippen molar-refractivity contribution in [3.8, 4) is 16.9 Å². The number of esters is 1. The van der Waals surface area contributed by atoms with Crippen molar-refractivity contribution < 1.29 is 9.53 Å². The summed E-state index contributed by atoms with van der Waals surface area (Å²) < 4.78 is 5.71. The highest BCUT2D eigenvalue weighted by Gasteiger charge is 2.23. The average Bonchev–Trinajstić information content (AvgIpc) is 2.62. The summed E-state index contributed by atoms with van der Waals surface area (Å²) in [5, 5.41) is 0. The molecule has 0 spiro atoms. The number of benzene rings is 1. The quantitative estimate of drug-likeness (QED) is 0.673. The molecule has 1 aromatic heterocycles. The van der Waals surface area contributed by atoms with E-state index in [1.165, 1.54) is 6.92 Å². The molecule has 0 atom stereocenters. The van der Waals surface area contributed by atoms with Crippen LogP contribution < -0.4 is 16.2 Å². The van der Waals surface area contributed by atoms with E-state index in [9.17, 15) is 4.79 Å². The molecule has 0 saturated heterocycles. The van der Waals surface area contributed by atoms with E-state index >= 15 is 0 Å². The van der Waals surface area contributed by atoms with Gasteiger partial charge < -0.3 is 16.2 Å². The van der Waals surface area contributed by atoms with E-state index in [4.69, 9.17) is 21.2 Å². The average molecular weight is 384 g/mol. The minimum atomic E-state index is -0.355. The van der Waals surface area contributed by atoms with Gasteiger partial charge in [0, 0.05) is 31.3 Å². The van der Waals surface area contributed by atoms with Gasteiger partial charge >= 0.3 is 5.97 Å². The van der Waals surface area contributed by atoms with Crippen LogP contribution in [0.1, 0.15) is 57.1 Å². The monoisotopic (exact) mass is 383 g/mol. The Morgan fingerprint density at radius 1 is 0.964 bits per heavy atom. The van der Waals surface area contributed by atoms with Crippen molar-refractivity contribution in [3.63, 3.8) is 0 Å². The fraction of sp³-hybridized carbons (Fsp3) is 0.478. The van der Waals surface area contributed by atoms with Gasteiger partial charge in [0.15, 0.2) is 5.75 Å². The maximum Gasteiger partial charge on any atom is 0.308 e. The second-order valence-corrected chi connectivity index (χ2v) is 8.08. The van der Waals surface area contributed by atoms with Crippen molar-refractivity contribution in [3.05, 3.63) is 46.8 Å². The van der Waals surface area contributed by atoms with E-state index in [-0.39, 0.29) is 5.97 Å². The van der Waals surface area contributed by atoms with Gasteiger partial charge in [-0.2, -0.15) is 0 Å². The molecule has 1 aromatic carbocycles. The molecule has 5 heteroatoms. The lowest BCUT2D eigenvalue weighted by Crippen LogP contribution is -2.16. The Kier molecular flexibility index (Phi) is 7.72. The molecule has 1 heterocycles. The van der Waals surface area contributed by atoms with E-state index in [2.05, 4.69) is 27.7 Å². The van der Waals surface area contributed by atoms with E-state index in [0.29, 0.717) is 30.7 Å². The lowest BCUT2D eigenvalue weighted by atomic mass is 9.91. The molecule has 2 rings (SSSR count). The first-order chi connectivity index (χ1) is 13.3. The van der Waals surface area contributed by atoms with Crippen molar-refractivity contribution in [1.82, 2.24) is 4.98 Å². The lowest BCUT2D eigenvalue weighted by Gasteiger charge is -2.22. The van der Waals surface area contributed by atoms with Crippen molar-refractivity contribution in [1.29, 1.82) is 0 Å². The highest BCUT2D eigenvalue weighted by molar-refractivity contribution is 5.80. The molecule has 5 nitrogen and oxygen atoms in total. The Balaban J connectivity index is 2.81. The summed E-state index contributed by atoms with van der Waals surface area (Å²) in [6.45, 7) is 10.8. The molecule has 0 aliphatic rings. The molecule has 0 aliphatic carbocycles. The minimum Gasteiger partial charge on any atom is -0.424 e. The van der Waals surface area contributed by atoms with Crippen molar-refractivity contribution in [2.45, 2.75) is 60.5 Å². The molecule has 28 heavy (non-hydrogen) atoms. The van der Waals surface area contributed by atoms with E-state index in [1.54, 1.807) is 0 Å². The zero-order valence-electron chi connectivity index (χ0n) is 17.7. The molecule has 0 radical (unpaired) electrons. The summed E-state index contributed by atoms with van der Waals surface area (Å²) in [6, 6.07) is 8.03. The fourth-order valence-electron chi connectivity index (χ4n) is 3.37. The highest BCUT2D eigenvalue weighted by Crippen LogP contribution is 2.39. The first kappa shape index (κ1) is 22.1. The van der Waals surface area contributed by atoms with Crippen LogP contribution in [0, 0.1) is 11.8 Å². The molecule has 2 aromatic rings. The smallest absolute Gasteiger partial charge is 0.308 e. The summed E-state index contributed by atoms with van der Waals surface area (Å²) in [6.07, 6.45) is 1.55. The van der Waals surface area contributed by atoms with Crippen LogP contribution in [0.15, 0.2) is 24.3 Å². The summed E-state index contributed by atoms with van der Waals surface area (Å²) in [5.74, 6) is 1.00. The zero-order valence-corrected chi connectivity index (χ0v) is 17.7. The number of nitrogens with two attached hydrogens (primary N) is 2. The van der Waals surface area contributed by atoms with Gasteiger partial charge in [0.2, 0.25) is 0 Å². The predicted octanol–water partition coefficient (Wildman–Crippen LogP) is 3.99. The Bertz CT molecular complexity index is 812. The number of hydrogen-bond donors (Lipinski definition) is 2. The van der Waals surface area contributed by atoms with Gasteiger partial charge in [0.25, 0.3) is 0 Å². The van der Waals surface area contributed by atoms with Crippen LogP contribution in [0.5, 0.6) is 5.75 Å². The number of hydrogen-bond acceptors (Lipinski definition) is 5. The van der Waals surface area contributed by atoms with Gasteiger partial charge in [0.1, 0.15) is 0 Å². The molecule has 4 N–H and O–H groups in total. The van der Waals surface area contributed by atoms with Crippen molar-refractivity contribution >= 4 is 5.97 Å². The summed E-state index contributed by atoms with van der Waals surface area (Å²) >= 11 is 0. The topological polar surface area (TPSA) is 91.2 Å². The number of carbonyl (C=O) groups is 1. The molecule has 0 amide bonds. The molecule has 0 saturated carbocycles. The third-order valence-electron chi connectivity index (χ3n) is 4.54. The first-order valence-corrected chi connectivity index (χ1v) is 9.99. The molecular weight excluding hydrogens is 350 g/mol. The van der Waals surface area contributed by atoms with Crippen LogP contribution in [0.2, 0.25) is 0 Å². The van der Waals surface area contributed by atoms with Crippen LogP contribution >= 0.6 is 0 Å². The van der Waals surface area contributed by atoms with Crippen molar-refractivity contribution in [2.75, 3.05) is 0 Å². The van der Waals surface area contributed by atoms with Gasteiger partial charge in [-0.1, -0.05) is 52.0 Å². The number of ether oxygens (including phenoxy) is 1. The standard InChI is InChI=1S/C23H33N3O2/c1-14(2)10-20-19(13-25)22(18-8-6-17(12-24)7-9-18)23(28-16(5)27)21(26-20)11-15(3)4/h6-9,14-15H,10-13,24-25H2,1-5H3. The van der Waals surface area contributed by atoms with E-state index in [1.807, 2.05) is 24.3 Å². The van der Waals surface area contributed by atoms with Gasteiger partial charge in [0.05, 0.1) is 5.69 Å². The van der Waals surface area contributed by atoms with Crippen LogP contribution in [0.3, 0.4) is 0 Å². The summed E-state index contributed by atoms with van der Waals surface area (Å²) in [5.41, 5.74) is 17.6. The molecule has 152 valence electrons. The minimum absolute atomic E-state index is 0.333. The van der Waals surface area contributed by atoms with Crippen LogP contribution in [0.4, 0.5) is 0 Å². The lowest BCUT2D eigenvalue weighted by molar-refractivity contribution is -0.131. The Hall–Kier alpha value is -2.24. The first-order valence-electron chi connectivity index (χ1n) is 9.99. The summed E-state index contributed by atoms with van der Waals surface area (Å²) in [4.78, 5) is 16.8. The fourth-order valence-corrected chi connectivity index (χ4v) is 3.37. The Morgan fingerprint density at radius 3 is 2.00 bits per heavy atom. The number of nitrogens with zero attached hydrogens (tertiary/aromatic N) is 1.